The first-order valence-corrected chi connectivity index (χ1v) is 9.25. The summed E-state index contributed by atoms with van der Waals surface area (Å²) in [5, 5.41) is 0. The van der Waals surface area contributed by atoms with Crippen LogP contribution in [0.5, 0.6) is 0 Å². The second kappa shape index (κ2) is 8.50. The largest absolute Gasteiger partial charge is 0.334 e. The Morgan fingerprint density at radius 2 is 0.960 bits per heavy atom. The molecule has 0 unspecified atom stereocenters. The van der Waals surface area contributed by atoms with Crippen LogP contribution in [0.15, 0.2) is 18.2 Å². The molecule has 4 nitrogen and oxygen atoms in total. The number of carbonyl (C=O) groups is 2. The van der Waals surface area contributed by atoms with E-state index in [0.717, 1.165) is 5.56 Å². The third kappa shape index (κ3) is 4.62. The second-order valence-electron chi connectivity index (χ2n) is 7.78. The predicted molar refractivity (Wildman–Crippen MR) is 104 cm³/mol. The first-order valence-electron chi connectivity index (χ1n) is 9.25. The van der Waals surface area contributed by atoms with Gasteiger partial charge in [0.15, 0.2) is 0 Å². The van der Waals surface area contributed by atoms with Gasteiger partial charge in [-0.15, -0.1) is 0 Å². The van der Waals surface area contributed by atoms with Gasteiger partial charge in [0.25, 0.3) is 11.8 Å². The van der Waals surface area contributed by atoms with Gasteiger partial charge >= 0.3 is 0 Å². The number of nitrogens with zero attached hydrogens (tertiary/aromatic N) is 2. The van der Waals surface area contributed by atoms with Crippen LogP contribution in [0.4, 0.5) is 0 Å². The Labute approximate surface area is 153 Å². The van der Waals surface area contributed by atoms with Gasteiger partial charge in [-0.2, -0.15) is 0 Å². The predicted octanol–water partition coefficient (Wildman–Crippen LogP) is 4.51. The lowest BCUT2D eigenvalue weighted by atomic mass is 9.98. The maximum Gasteiger partial charge on any atom is 0.254 e. The van der Waals surface area contributed by atoms with Gasteiger partial charge in [0.05, 0.1) is 0 Å². The van der Waals surface area contributed by atoms with Crippen molar-refractivity contribution in [3.05, 3.63) is 34.9 Å². The lowest BCUT2D eigenvalue weighted by molar-refractivity contribution is 0.0642. The number of benzene rings is 1. The van der Waals surface area contributed by atoms with E-state index < -0.39 is 0 Å². The molecule has 0 heterocycles. The van der Waals surface area contributed by atoms with Crippen LogP contribution in [0, 0.1) is 6.92 Å². The van der Waals surface area contributed by atoms with Crippen LogP contribution in [-0.4, -0.2) is 45.8 Å². The fraction of sp³-hybridized carbons (Fsp3) is 0.619. The topological polar surface area (TPSA) is 40.6 Å². The average molecular weight is 347 g/mol. The molecule has 0 spiro atoms. The maximum absolute atomic E-state index is 13.1. The van der Waals surface area contributed by atoms with Crippen molar-refractivity contribution in [2.24, 2.45) is 0 Å². The number of carbonyl (C=O) groups excluding carboxylic acids is 2. The van der Waals surface area contributed by atoms with Crippen molar-refractivity contribution >= 4 is 11.8 Å². The maximum atomic E-state index is 13.1. The lowest BCUT2D eigenvalue weighted by Gasteiger charge is -2.33. The summed E-state index contributed by atoms with van der Waals surface area (Å²) in [6, 6.07) is 5.87. The van der Waals surface area contributed by atoms with E-state index in [-0.39, 0.29) is 36.0 Å². The Morgan fingerprint density at radius 3 is 1.20 bits per heavy atom. The Morgan fingerprint density at radius 1 is 0.680 bits per heavy atom. The van der Waals surface area contributed by atoms with Gasteiger partial charge in [0.2, 0.25) is 0 Å². The van der Waals surface area contributed by atoms with Crippen LogP contribution in [0.3, 0.4) is 0 Å². The zero-order valence-electron chi connectivity index (χ0n) is 17.3. The number of rotatable bonds is 6. The summed E-state index contributed by atoms with van der Waals surface area (Å²) in [5.41, 5.74) is 1.98. The summed E-state index contributed by atoms with van der Waals surface area (Å²) in [4.78, 5) is 29.8. The molecule has 0 aromatic heterocycles. The molecule has 0 aliphatic rings. The van der Waals surface area contributed by atoms with Crippen LogP contribution < -0.4 is 0 Å². The third-order valence-electron chi connectivity index (χ3n) is 4.49. The van der Waals surface area contributed by atoms with Crippen LogP contribution in [0.2, 0.25) is 0 Å². The van der Waals surface area contributed by atoms with E-state index in [1.165, 1.54) is 0 Å². The van der Waals surface area contributed by atoms with Gasteiger partial charge in [-0.1, -0.05) is 6.07 Å². The molecule has 0 saturated heterocycles. The second-order valence-corrected chi connectivity index (χ2v) is 7.78. The molecule has 0 aliphatic carbocycles. The van der Waals surface area contributed by atoms with Crippen molar-refractivity contribution in [2.45, 2.75) is 86.5 Å². The van der Waals surface area contributed by atoms with E-state index in [4.69, 9.17) is 0 Å². The molecule has 1 aromatic rings. The van der Waals surface area contributed by atoms with Crippen LogP contribution >= 0.6 is 0 Å². The Balaban J connectivity index is 3.35. The van der Waals surface area contributed by atoms with Gasteiger partial charge in [-0.3, -0.25) is 9.59 Å². The quantitative estimate of drug-likeness (QED) is 0.760. The van der Waals surface area contributed by atoms with E-state index in [1.54, 1.807) is 0 Å². The highest BCUT2D eigenvalue weighted by Crippen LogP contribution is 2.22. The van der Waals surface area contributed by atoms with Gasteiger partial charge < -0.3 is 9.80 Å². The van der Waals surface area contributed by atoms with Crippen molar-refractivity contribution in [3.63, 3.8) is 0 Å². The van der Waals surface area contributed by atoms with Gasteiger partial charge in [0, 0.05) is 35.3 Å². The molecule has 0 saturated carbocycles. The highest BCUT2D eigenvalue weighted by atomic mass is 16.2. The molecule has 2 amide bonds. The van der Waals surface area contributed by atoms with Gasteiger partial charge in [-0.25, -0.2) is 0 Å². The first kappa shape index (κ1) is 21.2. The molecule has 0 atom stereocenters. The summed E-state index contributed by atoms with van der Waals surface area (Å²) < 4.78 is 0. The number of hydrogen-bond donors (Lipinski definition) is 0. The molecular formula is C21H34N2O2. The molecule has 140 valence electrons. The van der Waals surface area contributed by atoms with Crippen LogP contribution in [0.1, 0.15) is 81.7 Å². The first-order chi connectivity index (χ1) is 11.5. The summed E-state index contributed by atoms with van der Waals surface area (Å²) in [6.07, 6.45) is 0. The lowest BCUT2D eigenvalue weighted by Crippen LogP contribution is -2.43. The van der Waals surface area contributed by atoms with Crippen molar-refractivity contribution in [1.29, 1.82) is 0 Å². The highest BCUT2D eigenvalue weighted by Gasteiger charge is 2.27. The molecular weight excluding hydrogens is 312 g/mol. The molecule has 0 N–H and O–H groups in total. The Hall–Kier alpha value is -1.84. The van der Waals surface area contributed by atoms with E-state index in [2.05, 4.69) is 0 Å². The van der Waals surface area contributed by atoms with Crippen LogP contribution in [-0.2, 0) is 0 Å². The minimum Gasteiger partial charge on any atom is -0.334 e. The normalized spacial score (nSPS) is 11.6. The van der Waals surface area contributed by atoms with Crippen molar-refractivity contribution in [1.82, 2.24) is 9.80 Å². The smallest absolute Gasteiger partial charge is 0.254 e. The molecule has 0 radical (unpaired) electrons. The zero-order valence-corrected chi connectivity index (χ0v) is 17.3. The Bertz CT molecular complexity index is 552. The summed E-state index contributed by atoms with van der Waals surface area (Å²) >= 11 is 0. The number of amides is 2. The summed E-state index contributed by atoms with van der Waals surface area (Å²) in [7, 11) is 0. The molecule has 0 bridgehead atoms. The minimum absolute atomic E-state index is 0.0159. The van der Waals surface area contributed by atoms with Crippen molar-refractivity contribution in [2.75, 3.05) is 0 Å². The molecule has 0 aliphatic heterocycles. The monoisotopic (exact) mass is 346 g/mol. The number of hydrogen-bond acceptors (Lipinski definition) is 2. The fourth-order valence-electron chi connectivity index (χ4n) is 3.51. The standard InChI is InChI=1S/C21H34N2O2/c1-13(2)22(14(3)4)20(24)18-11-10-12-19(17(18)9)21(25)23(15(5)6)16(7)8/h10-16H,1-9H3. The summed E-state index contributed by atoms with van der Waals surface area (Å²) in [5.74, 6) is -0.0319. The minimum atomic E-state index is -0.0159. The third-order valence-corrected chi connectivity index (χ3v) is 4.49. The van der Waals surface area contributed by atoms with E-state index >= 15 is 0 Å². The average Bonchev–Trinajstić information content (AvgIpc) is 2.45. The summed E-state index contributed by atoms with van der Waals surface area (Å²) in [6.45, 7) is 18.0. The molecule has 25 heavy (non-hydrogen) atoms. The Kier molecular flexibility index (Phi) is 7.21. The zero-order chi connectivity index (χ0) is 19.5. The van der Waals surface area contributed by atoms with Crippen molar-refractivity contribution < 1.29 is 9.59 Å². The fourth-order valence-corrected chi connectivity index (χ4v) is 3.51. The van der Waals surface area contributed by atoms with Crippen molar-refractivity contribution in [3.8, 4) is 0 Å². The van der Waals surface area contributed by atoms with Gasteiger partial charge in [-0.05, 0) is 80.0 Å². The molecule has 1 aromatic carbocycles. The van der Waals surface area contributed by atoms with E-state index in [1.807, 2.05) is 90.3 Å². The molecule has 1 rings (SSSR count). The van der Waals surface area contributed by atoms with Gasteiger partial charge in [0.1, 0.15) is 0 Å². The molecule has 4 heteroatoms. The SMILES string of the molecule is Cc1c(C(=O)N(C(C)C)C(C)C)cccc1C(=O)N(C(C)C)C(C)C. The molecule has 0 fully saturated rings. The highest BCUT2D eigenvalue weighted by molar-refractivity contribution is 6.02. The van der Waals surface area contributed by atoms with E-state index in [0.29, 0.717) is 11.1 Å². The van der Waals surface area contributed by atoms with E-state index in [9.17, 15) is 9.59 Å². The van der Waals surface area contributed by atoms with Crippen LogP contribution in [0.25, 0.3) is 0 Å².